The van der Waals surface area contributed by atoms with Crippen LogP contribution in [0.3, 0.4) is 0 Å². The van der Waals surface area contributed by atoms with Gasteiger partial charge in [0.2, 0.25) is 0 Å². The number of halogens is 4. The van der Waals surface area contributed by atoms with Gasteiger partial charge in [0.05, 0.1) is 5.56 Å². The predicted octanol–water partition coefficient (Wildman–Crippen LogP) is 7.08. The lowest BCUT2D eigenvalue weighted by molar-refractivity contribution is -0.137. The van der Waals surface area contributed by atoms with Crippen LogP contribution < -0.4 is 10.6 Å². The van der Waals surface area contributed by atoms with Crippen molar-refractivity contribution in [3.05, 3.63) is 99.6 Å². The third kappa shape index (κ3) is 7.90. The lowest BCUT2D eigenvalue weighted by Crippen LogP contribution is -2.32. The first kappa shape index (κ1) is 27.4. The number of aliphatic hydroxyl groups excluding tert-OH is 1. The van der Waals surface area contributed by atoms with Gasteiger partial charge in [0.25, 0.3) is 0 Å². The van der Waals surface area contributed by atoms with Crippen LogP contribution in [0, 0.1) is 0 Å². The molecule has 0 saturated carbocycles. The van der Waals surface area contributed by atoms with E-state index in [1.807, 2.05) is 6.07 Å². The maximum absolute atomic E-state index is 12.8. The second-order valence-corrected chi connectivity index (χ2v) is 9.72. The summed E-state index contributed by atoms with van der Waals surface area (Å²) < 4.78 is 43.7. The number of rotatable bonds is 7. The lowest BCUT2D eigenvalue weighted by atomic mass is 9.98. The molecule has 5 nitrogen and oxygen atoms in total. The SMILES string of the molecule is CC(C)(C)OC(=O)NCc1cccc(C(O)c2cc(Cl)ccc2NCc2ccc(C(F)(F)F)cc2)c1. The number of amides is 1. The van der Waals surface area contributed by atoms with E-state index in [0.717, 1.165) is 17.7 Å². The standard InChI is InChI=1S/C27H28ClF3N2O3/c1-26(2,3)36-25(35)33-16-18-5-4-6-19(13-18)24(34)22-14-21(28)11-12-23(22)32-15-17-7-9-20(10-8-17)27(29,30)31/h4-14,24,32,34H,15-16H2,1-3H3,(H,33,35). The molecular formula is C27H28ClF3N2O3. The summed E-state index contributed by atoms with van der Waals surface area (Å²) >= 11 is 6.19. The molecule has 0 aromatic heterocycles. The minimum Gasteiger partial charge on any atom is -0.444 e. The Bertz CT molecular complexity index is 1190. The van der Waals surface area contributed by atoms with Gasteiger partial charge >= 0.3 is 12.3 Å². The van der Waals surface area contributed by atoms with Crippen molar-refractivity contribution in [3.8, 4) is 0 Å². The van der Waals surface area contributed by atoms with E-state index >= 15 is 0 Å². The monoisotopic (exact) mass is 520 g/mol. The number of alkyl halides is 3. The Morgan fingerprint density at radius 3 is 2.31 bits per heavy atom. The zero-order chi connectivity index (χ0) is 26.5. The maximum Gasteiger partial charge on any atom is 0.416 e. The number of hydrogen-bond donors (Lipinski definition) is 3. The van der Waals surface area contributed by atoms with Gasteiger partial charge in [-0.15, -0.1) is 0 Å². The molecule has 9 heteroatoms. The van der Waals surface area contributed by atoms with Crippen LogP contribution in [0.1, 0.15) is 54.7 Å². The Morgan fingerprint density at radius 2 is 1.67 bits per heavy atom. The molecule has 3 N–H and O–H groups in total. The van der Waals surface area contributed by atoms with Gasteiger partial charge in [0.15, 0.2) is 0 Å². The van der Waals surface area contributed by atoms with Crippen molar-refractivity contribution in [2.75, 3.05) is 5.32 Å². The summed E-state index contributed by atoms with van der Waals surface area (Å²) in [4.78, 5) is 11.9. The molecule has 0 aliphatic heterocycles. The Labute approximate surface area is 213 Å². The van der Waals surface area contributed by atoms with Gasteiger partial charge in [-0.05, 0) is 67.8 Å². The number of aliphatic hydroxyl groups is 1. The van der Waals surface area contributed by atoms with Gasteiger partial charge in [-0.3, -0.25) is 0 Å². The van der Waals surface area contributed by atoms with Gasteiger partial charge in [0.1, 0.15) is 11.7 Å². The smallest absolute Gasteiger partial charge is 0.416 e. The third-order valence-corrected chi connectivity index (χ3v) is 5.41. The normalized spacial score (nSPS) is 12.7. The fraction of sp³-hybridized carbons (Fsp3) is 0.296. The molecule has 192 valence electrons. The molecule has 3 rings (SSSR count). The second-order valence-electron chi connectivity index (χ2n) is 9.28. The summed E-state index contributed by atoms with van der Waals surface area (Å²) in [6.45, 7) is 5.79. The van der Waals surface area contributed by atoms with E-state index in [0.29, 0.717) is 27.4 Å². The van der Waals surface area contributed by atoms with Crippen LogP contribution >= 0.6 is 11.6 Å². The van der Waals surface area contributed by atoms with E-state index in [9.17, 15) is 23.1 Å². The third-order valence-electron chi connectivity index (χ3n) is 5.17. The molecule has 36 heavy (non-hydrogen) atoms. The second kappa shape index (κ2) is 11.2. The molecule has 0 aliphatic rings. The number of alkyl carbamates (subject to hydrolysis) is 1. The van der Waals surface area contributed by atoms with Crippen LogP contribution in [0.2, 0.25) is 5.02 Å². The fourth-order valence-corrected chi connectivity index (χ4v) is 3.65. The van der Waals surface area contributed by atoms with E-state index in [1.54, 1.807) is 57.2 Å². The predicted molar refractivity (Wildman–Crippen MR) is 134 cm³/mol. The molecule has 0 fully saturated rings. The van der Waals surface area contributed by atoms with E-state index in [-0.39, 0.29) is 13.1 Å². The van der Waals surface area contributed by atoms with Gasteiger partial charge in [-0.2, -0.15) is 13.2 Å². The largest absolute Gasteiger partial charge is 0.444 e. The van der Waals surface area contributed by atoms with E-state index < -0.39 is 29.5 Å². The number of nitrogens with one attached hydrogen (secondary N) is 2. The van der Waals surface area contributed by atoms with E-state index in [1.165, 1.54) is 12.1 Å². The lowest BCUT2D eigenvalue weighted by Gasteiger charge is -2.20. The zero-order valence-electron chi connectivity index (χ0n) is 20.1. The molecule has 3 aromatic carbocycles. The van der Waals surface area contributed by atoms with Gasteiger partial charge in [-0.25, -0.2) is 4.79 Å². The Hall–Kier alpha value is -3.23. The Morgan fingerprint density at radius 1 is 0.972 bits per heavy atom. The Balaban J connectivity index is 1.73. The van der Waals surface area contributed by atoms with Crippen molar-refractivity contribution < 1.29 is 27.8 Å². The first-order valence-electron chi connectivity index (χ1n) is 11.2. The molecule has 1 amide bonds. The Kier molecular flexibility index (Phi) is 8.53. The number of hydrogen-bond acceptors (Lipinski definition) is 4. The molecular weight excluding hydrogens is 493 g/mol. The maximum atomic E-state index is 12.8. The molecule has 0 radical (unpaired) electrons. The quantitative estimate of drug-likeness (QED) is 0.311. The van der Waals surface area contributed by atoms with E-state index in [2.05, 4.69) is 10.6 Å². The van der Waals surface area contributed by atoms with Crippen molar-refractivity contribution in [2.24, 2.45) is 0 Å². The number of carbonyl (C=O) groups is 1. The van der Waals surface area contributed by atoms with Crippen LogP contribution in [0.25, 0.3) is 0 Å². The van der Waals surface area contributed by atoms with Crippen molar-refractivity contribution in [3.63, 3.8) is 0 Å². The molecule has 0 bridgehead atoms. The molecule has 0 heterocycles. The van der Waals surface area contributed by atoms with Crippen LogP contribution in [-0.4, -0.2) is 16.8 Å². The zero-order valence-corrected chi connectivity index (χ0v) is 20.9. The van der Waals surface area contributed by atoms with Crippen molar-refractivity contribution in [1.29, 1.82) is 0 Å². The highest BCUT2D eigenvalue weighted by Crippen LogP contribution is 2.32. The van der Waals surface area contributed by atoms with Crippen LogP contribution in [0.5, 0.6) is 0 Å². The van der Waals surface area contributed by atoms with Crippen LogP contribution in [0.15, 0.2) is 66.7 Å². The van der Waals surface area contributed by atoms with Gasteiger partial charge < -0.3 is 20.5 Å². The minimum absolute atomic E-state index is 0.212. The summed E-state index contributed by atoms with van der Waals surface area (Å²) in [5.41, 5.74) is 1.76. The summed E-state index contributed by atoms with van der Waals surface area (Å²) in [7, 11) is 0. The van der Waals surface area contributed by atoms with Crippen LogP contribution in [0.4, 0.5) is 23.7 Å². The average molecular weight is 521 g/mol. The van der Waals surface area contributed by atoms with Gasteiger partial charge in [-0.1, -0.05) is 48.0 Å². The molecule has 0 spiro atoms. The number of ether oxygens (including phenoxy) is 1. The van der Waals surface area contributed by atoms with Crippen molar-refractivity contribution >= 4 is 23.4 Å². The van der Waals surface area contributed by atoms with Crippen LogP contribution in [-0.2, 0) is 24.0 Å². The highest BCUT2D eigenvalue weighted by Gasteiger charge is 2.29. The highest BCUT2D eigenvalue weighted by molar-refractivity contribution is 6.30. The summed E-state index contributed by atoms with van der Waals surface area (Å²) in [6.07, 6.45) is -5.98. The minimum atomic E-state index is -4.39. The summed E-state index contributed by atoms with van der Waals surface area (Å²) in [5, 5.41) is 17.4. The molecule has 1 atom stereocenters. The van der Waals surface area contributed by atoms with Crippen molar-refractivity contribution in [1.82, 2.24) is 5.32 Å². The molecule has 0 aliphatic carbocycles. The molecule has 1 unspecified atom stereocenters. The number of benzene rings is 3. The van der Waals surface area contributed by atoms with E-state index in [4.69, 9.17) is 16.3 Å². The number of carbonyl (C=O) groups excluding carboxylic acids is 1. The average Bonchev–Trinajstić information content (AvgIpc) is 2.80. The number of anilines is 1. The molecule has 0 saturated heterocycles. The molecule has 3 aromatic rings. The first-order valence-corrected chi connectivity index (χ1v) is 11.6. The fourth-order valence-electron chi connectivity index (χ4n) is 3.47. The van der Waals surface area contributed by atoms with Gasteiger partial charge in [0, 0.05) is 29.4 Å². The van der Waals surface area contributed by atoms with Crippen molar-refractivity contribution in [2.45, 2.75) is 51.7 Å². The topological polar surface area (TPSA) is 70.6 Å². The summed E-state index contributed by atoms with van der Waals surface area (Å²) in [6, 6.07) is 17.0. The first-order chi connectivity index (χ1) is 16.8. The highest BCUT2D eigenvalue weighted by atomic mass is 35.5. The summed E-state index contributed by atoms with van der Waals surface area (Å²) in [5.74, 6) is 0.